The number of anilines is 1. The van der Waals surface area contributed by atoms with E-state index in [0.29, 0.717) is 18.8 Å². The number of carboxylic acid groups (broad SMARTS) is 1. The zero-order valence-corrected chi connectivity index (χ0v) is 11.5. The van der Waals surface area contributed by atoms with Gasteiger partial charge in [0, 0.05) is 18.3 Å². The van der Waals surface area contributed by atoms with E-state index in [1.165, 1.54) is 12.3 Å². The van der Waals surface area contributed by atoms with Gasteiger partial charge < -0.3 is 19.5 Å². The van der Waals surface area contributed by atoms with E-state index in [1.807, 2.05) is 24.8 Å². The van der Waals surface area contributed by atoms with E-state index >= 15 is 0 Å². The number of aryl methyl sites for hydroxylation is 1. The van der Waals surface area contributed by atoms with Crippen molar-refractivity contribution < 1.29 is 19.4 Å². The van der Waals surface area contributed by atoms with Gasteiger partial charge >= 0.3 is 5.97 Å². The van der Waals surface area contributed by atoms with Crippen molar-refractivity contribution in [3.8, 4) is 5.75 Å². The number of phenols is 1. The number of furan rings is 1. The van der Waals surface area contributed by atoms with E-state index in [-0.39, 0.29) is 11.3 Å². The van der Waals surface area contributed by atoms with Gasteiger partial charge in [-0.2, -0.15) is 0 Å². The number of benzene rings is 1. The molecule has 106 valence electrons. The minimum Gasteiger partial charge on any atom is -0.508 e. The molecular formula is C15H17NO4. The maximum Gasteiger partial charge on any atom is 0.338 e. The lowest BCUT2D eigenvalue weighted by molar-refractivity contribution is 0.0696. The summed E-state index contributed by atoms with van der Waals surface area (Å²) in [6, 6.07) is 6.70. The topological polar surface area (TPSA) is 73.9 Å². The molecule has 0 radical (unpaired) electrons. The second-order valence-corrected chi connectivity index (χ2v) is 4.59. The molecule has 2 N–H and O–H groups in total. The van der Waals surface area contributed by atoms with E-state index in [0.717, 1.165) is 11.3 Å². The standard InChI is InChI=1S/C15H17NO4/c1-3-16(14-7-12(17)5-4-10(14)2)8-13-6-11(9-20-13)15(18)19/h4-7,9,17H,3,8H2,1-2H3,(H,18,19). The maximum atomic E-state index is 10.8. The van der Waals surface area contributed by atoms with Crippen molar-refractivity contribution in [3.05, 3.63) is 47.4 Å². The first-order valence-corrected chi connectivity index (χ1v) is 6.36. The molecule has 2 rings (SSSR count). The number of carboxylic acids is 1. The highest BCUT2D eigenvalue weighted by molar-refractivity contribution is 5.87. The van der Waals surface area contributed by atoms with Crippen LogP contribution in [0.25, 0.3) is 0 Å². The second-order valence-electron chi connectivity index (χ2n) is 4.59. The Morgan fingerprint density at radius 1 is 1.35 bits per heavy atom. The van der Waals surface area contributed by atoms with E-state index in [1.54, 1.807) is 12.1 Å². The Morgan fingerprint density at radius 3 is 2.70 bits per heavy atom. The van der Waals surface area contributed by atoms with Crippen molar-refractivity contribution in [2.75, 3.05) is 11.4 Å². The highest BCUT2D eigenvalue weighted by atomic mass is 16.4. The molecule has 0 unspecified atom stereocenters. The third-order valence-electron chi connectivity index (χ3n) is 3.16. The molecule has 20 heavy (non-hydrogen) atoms. The fraction of sp³-hybridized carbons (Fsp3) is 0.267. The third-order valence-corrected chi connectivity index (χ3v) is 3.16. The van der Waals surface area contributed by atoms with Crippen LogP contribution in [0.4, 0.5) is 5.69 Å². The molecule has 0 aliphatic carbocycles. The molecule has 0 atom stereocenters. The zero-order valence-electron chi connectivity index (χ0n) is 11.5. The molecule has 1 heterocycles. The van der Waals surface area contributed by atoms with Crippen LogP contribution < -0.4 is 4.90 Å². The maximum absolute atomic E-state index is 10.8. The largest absolute Gasteiger partial charge is 0.508 e. The van der Waals surface area contributed by atoms with Crippen LogP contribution in [0.3, 0.4) is 0 Å². The van der Waals surface area contributed by atoms with E-state index < -0.39 is 5.97 Å². The summed E-state index contributed by atoms with van der Waals surface area (Å²) in [5.41, 5.74) is 2.08. The van der Waals surface area contributed by atoms with Crippen LogP contribution in [-0.2, 0) is 6.54 Å². The van der Waals surface area contributed by atoms with E-state index in [2.05, 4.69) is 0 Å². The summed E-state index contributed by atoms with van der Waals surface area (Å²) in [4.78, 5) is 12.8. The van der Waals surface area contributed by atoms with Gasteiger partial charge in [0.25, 0.3) is 0 Å². The summed E-state index contributed by atoms with van der Waals surface area (Å²) in [6.07, 6.45) is 1.24. The highest BCUT2D eigenvalue weighted by Gasteiger charge is 2.13. The zero-order chi connectivity index (χ0) is 14.7. The highest BCUT2D eigenvalue weighted by Crippen LogP contribution is 2.26. The number of nitrogens with zero attached hydrogens (tertiary/aromatic N) is 1. The average Bonchev–Trinajstić information content (AvgIpc) is 2.88. The predicted octanol–water partition coefficient (Wildman–Crippen LogP) is 3.02. The van der Waals surface area contributed by atoms with Gasteiger partial charge in [-0.1, -0.05) is 6.07 Å². The van der Waals surface area contributed by atoms with Crippen LogP contribution in [-0.4, -0.2) is 22.7 Å². The van der Waals surface area contributed by atoms with Gasteiger partial charge in [-0.15, -0.1) is 0 Å². The lowest BCUT2D eigenvalue weighted by Crippen LogP contribution is -2.22. The number of aromatic carboxylic acids is 1. The normalized spacial score (nSPS) is 10.5. The van der Waals surface area contributed by atoms with Gasteiger partial charge in [0.2, 0.25) is 0 Å². The molecule has 0 saturated heterocycles. The first-order valence-electron chi connectivity index (χ1n) is 6.36. The van der Waals surface area contributed by atoms with Gasteiger partial charge in [-0.05, 0) is 31.5 Å². The van der Waals surface area contributed by atoms with Crippen molar-refractivity contribution in [2.45, 2.75) is 20.4 Å². The molecule has 2 aromatic rings. The smallest absolute Gasteiger partial charge is 0.338 e. The number of phenolic OH excluding ortho intramolecular Hbond substituents is 1. The van der Waals surface area contributed by atoms with Crippen molar-refractivity contribution in [3.63, 3.8) is 0 Å². The van der Waals surface area contributed by atoms with Gasteiger partial charge in [-0.25, -0.2) is 4.79 Å². The molecule has 1 aromatic carbocycles. The molecule has 0 bridgehead atoms. The number of aromatic hydroxyl groups is 1. The van der Waals surface area contributed by atoms with Crippen molar-refractivity contribution in [2.24, 2.45) is 0 Å². The summed E-state index contributed by atoms with van der Waals surface area (Å²) in [5.74, 6) is -0.224. The predicted molar refractivity (Wildman–Crippen MR) is 75.2 cm³/mol. The summed E-state index contributed by atoms with van der Waals surface area (Å²) < 4.78 is 5.26. The number of hydrogen-bond acceptors (Lipinski definition) is 4. The number of hydrogen-bond donors (Lipinski definition) is 2. The molecule has 5 heteroatoms. The van der Waals surface area contributed by atoms with Crippen LogP contribution in [0.1, 0.15) is 28.6 Å². The average molecular weight is 275 g/mol. The van der Waals surface area contributed by atoms with Crippen LogP contribution in [0.15, 0.2) is 34.9 Å². The Kier molecular flexibility index (Phi) is 3.98. The summed E-state index contributed by atoms with van der Waals surface area (Å²) in [7, 11) is 0. The SMILES string of the molecule is CCN(Cc1cc(C(=O)O)co1)c1cc(O)ccc1C. The lowest BCUT2D eigenvalue weighted by Gasteiger charge is -2.24. The van der Waals surface area contributed by atoms with Crippen LogP contribution in [0.5, 0.6) is 5.75 Å². The molecule has 0 aliphatic rings. The first kappa shape index (κ1) is 14.0. The molecular weight excluding hydrogens is 258 g/mol. The van der Waals surface area contributed by atoms with Gasteiger partial charge in [0.05, 0.1) is 12.1 Å². The summed E-state index contributed by atoms with van der Waals surface area (Å²) in [5, 5.41) is 18.5. The van der Waals surface area contributed by atoms with Crippen LogP contribution in [0.2, 0.25) is 0 Å². The number of carbonyl (C=O) groups is 1. The molecule has 0 amide bonds. The summed E-state index contributed by atoms with van der Waals surface area (Å²) >= 11 is 0. The summed E-state index contributed by atoms with van der Waals surface area (Å²) in [6.45, 7) is 5.12. The van der Waals surface area contributed by atoms with Crippen molar-refractivity contribution in [1.82, 2.24) is 0 Å². The minimum absolute atomic E-state index is 0.142. The second kappa shape index (κ2) is 5.69. The third kappa shape index (κ3) is 2.93. The fourth-order valence-electron chi connectivity index (χ4n) is 2.07. The molecule has 0 saturated carbocycles. The fourth-order valence-corrected chi connectivity index (χ4v) is 2.07. The first-order chi connectivity index (χ1) is 9.51. The Labute approximate surface area is 117 Å². The molecule has 0 aliphatic heterocycles. The van der Waals surface area contributed by atoms with Gasteiger partial charge in [0.15, 0.2) is 0 Å². The van der Waals surface area contributed by atoms with Gasteiger partial charge in [0.1, 0.15) is 17.8 Å². The quantitative estimate of drug-likeness (QED) is 0.877. The minimum atomic E-state index is -1.00. The number of rotatable bonds is 5. The Balaban J connectivity index is 2.23. The van der Waals surface area contributed by atoms with Gasteiger partial charge in [-0.3, -0.25) is 0 Å². The van der Waals surface area contributed by atoms with Crippen molar-refractivity contribution >= 4 is 11.7 Å². The van der Waals surface area contributed by atoms with Crippen LogP contribution in [0, 0.1) is 6.92 Å². The Hall–Kier alpha value is -2.43. The molecule has 1 aromatic heterocycles. The molecule has 0 spiro atoms. The van der Waals surface area contributed by atoms with E-state index in [4.69, 9.17) is 9.52 Å². The Bertz CT molecular complexity index is 618. The molecule has 0 fully saturated rings. The lowest BCUT2D eigenvalue weighted by atomic mass is 10.1. The van der Waals surface area contributed by atoms with Crippen molar-refractivity contribution in [1.29, 1.82) is 0 Å². The van der Waals surface area contributed by atoms with Crippen LogP contribution >= 0.6 is 0 Å². The van der Waals surface area contributed by atoms with E-state index in [9.17, 15) is 9.90 Å². The monoisotopic (exact) mass is 275 g/mol. The molecule has 5 nitrogen and oxygen atoms in total. The Morgan fingerprint density at radius 2 is 2.10 bits per heavy atom.